The lowest BCUT2D eigenvalue weighted by molar-refractivity contribution is -0.117. The summed E-state index contributed by atoms with van der Waals surface area (Å²) in [5.74, 6) is 0.623. The number of benzene rings is 1. The number of hydrogen-bond donors (Lipinski definition) is 0. The Balaban J connectivity index is 1.82. The predicted molar refractivity (Wildman–Crippen MR) is 83.9 cm³/mol. The van der Waals surface area contributed by atoms with Gasteiger partial charge in [0.25, 0.3) is 0 Å². The Morgan fingerprint density at radius 3 is 2.60 bits per heavy atom. The zero-order valence-corrected chi connectivity index (χ0v) is 12.6. The highest BCUT2D eigenvalue weighted by atomic mass is 79.9. The number of anilines is 1. The topological polar surface area (TPSA) is 33.2 Å². The van der Waals surface area contributed by atoms with E-state index in [4.69, 9.17) is 0 Å². The van der Waals surface area contributed by atoms with Gasteiger partial charge in [0.15, 0.2) is 0 Å². The Morgan fingerprint density at radius 1 is 1.20 bits per heavy atom. The van der Waals surface area contributed by atoms with Crippen molar-refractivity contribution in [2.24, 2.45) is 5.92 Å². The van der Waals surface area contributed by atoms with Crippen LogP contribution >= 0.6 is 15.9 Å². The summed E-state index contributed by atoms with van der Waals surface area (Å²) in [7, 11) is 0. The maximum absolute atomic E-state index is 12.0. The molecule has 0 bridgehead atoms. The van der Waals surface area contributed by atoms with Crippen molar-refractivity contribution in [3.05, 3.63) is 48.7 Å². The molecule has 3 rings (SSSR count). The summed E-state index contributed by atoms with van der Waals surface area (Å²) in [5.41, 5.74) is 2.99. The van der Waals surface area contributed by atoms with Gasteiger partial charge in [0, 0.05) is 35.7 Å². The number of rotatable bonds is 3. The summed E-state index contributed by atoms with van der Waals surface area (Å²) >= 11 is 3.46. The predicted octanol–water partition coefficient (Wildman–Crippen LogP) is 3.50. The van der Waals surface area contributed by atoms with Gasteiger partial charge >= 0.3 is 0 Å². The van der Waals surface area contributed by atoms with Crippen LogP contribution in [0.15, 0.2) is 48.7 Å². The molecule has 1 atom stereocenters. The molecular weight excluding hydrogens is 316 g/mol. The Kier molecular flexibility index (Phi) is 3.83. The molecule has 1 aliphatic heterocycles. The summed E-state index contributed by atoms with van der Waals surface area (Å²) in [6, 6.07) is 13.9. The highest BCUT2D eigenvalue weighted by molar-refractivity contribution is 9.09. The number of carbonyl (C=O) groups excluding carboxylic acids is 1. The van der Waals surface area contributed by atoms with E-state index < -0.39 is 0 Å². The molecule has 1 aliphatic rings. The number of pyridine rings is 1. The van der Waals surface area contributed by atoms with Crippen molar-refractivity contribution in [1.82, 2.24) is 4.98 Å². The van der Waals surface area contributed by atoms with Gasteiger partial charge in [-0.15, -0.1) is 0 Å². The van der Waals surface area contributed by atoms with Crippen LogP contribution in [0.4, 0.5) is 5.69 Å². The largest absolute Gasteiger partial charge is 0.312 e. The monoisotopic (exact) mass is 330 g/mol. The fourth-order valence-electron chi connectivity index (χ4n) is 2.48. The summed E-state index contributed by atoms with van der Waals surface area (Å²) in [6.07, 6.45) is 2.42. The third-order valence-corrected chi connectivity index (χ3v) is 4.48. The van der Waals surface area contributed by atoms with Gasteiger partial charge in [-0.25, -0.2) is 0 Å². The average Bonchev–Trinajstić information content (AvgIpc) is 2.89. The molecule has 3 nitrogen and oxygen atoms in total. The van der Waals surface area contributed by atoms with Crippen molar-refractivity contribution in [2.75, 3.05) is 16.8 Å². The molecule has 0 aliphatic carbocycles. The number of alkyl halides is 1. The first-order valence-corrected chi connectivity index (χ1v) is 7.78. The lowest BCUT2D eigenvalue weighted by Gasteiger charge is -2.16. The molecule has 1 amide bonds. The first kappa shape index (κ1) is 13.3. The number of aromatic nitrogens is 1. The van der Waals surface area contributed by atoms with Crippen molar-refractivity contribution in [3.8, 4) is 11.3 Å². The lowest BCUT2D eigenvalue weighted by atomic mass is 10.1. The van der Waals surface area contributed by atoms with E-state index in [-0.39, 0.29) is 5.91 Å². The SMILES string of the molecule is O=C1CC(CBr)CN1c1ccc(-c2ccccn2)cc1. The summed E-state index contributed by atoms with van der Waals surface area (Å²) in [6.45, 7) is 0.799. The molecule has 0 saturated carbocycles. The second kappa shape index (κ2) is 5.75. The standard InChI is InChI=1S/C16H15BrN2O/c17-10-12-9-16(20)19(11-12)14-6-4-13(5-7-14)15-3-1-2-8-18-15/h1-8,12H,9-11H2. The van der Waals surface area contributed by atoms with E-state index in [0.29, 0.717) is 12.3 Å². The normalized spacial score (nSPS) is 18.6. The average molecular weight is 331 g/mol. The number of hydrogen-bond acceptors (Lipinski definition) is 2. The minimum absolute atomic E-state index is 0.208. The second-order valence-corrected chi connectivity index (χ2v) is 5.64. The van der Waals surface area contributed by atoms with E-state index in [9.17, 15) is 4.79 Å². The minimum Gasteiger partial charge on any atom is -0.312 e. The van der Waals surface area contributed by atoms with E-state index in [1.54, 1.807) is 6.20 Å². The maximum Gasteiger partial charge on any atom is 0.227 e. The zero-order valence-electron chi connectivity index (χ0n) is 11.0. The number of nitrogens with zero attached hydrogens (tertiary/aromatic N) is 2. The number of halogens is 1. The fourth-order valence-corrected chi connectivity index (χ4v) is 2.91. The van der Waals surface area contributed by atoms with Crippen molar-refractivity contribution in [3.63, 3.8) is 0 Å². The van der Waals surface area contributed by atoms with Crippen molar-refractivity contribution >= 4 is 27.5 Å². The molecule has 102 valence electrons. The van der Waals surface area contributed by atoms with Crippen molar-refractivity contribution < 1.29 is 4.79 Å². The quantitative estimate of drug-likeness (QED) is 0.807. The molecule has 2 aromatic rings. The van der Waals surface area contributed by atoms with Gasteiger partial charge in [0.1, 0.15) is 0 Å². The molecule has 20 heavy (non-hydrogen) atoms. The lowest BCUT2D eigenvalue weighted by Crippen LogP contribution is -2.24. The molecule has 1 aromatic heterocycles. The molecule has 1 fully saturated rings. The number of carbonyl (C=O) groups is 1. The van der Waals surface area contributed by atoms with Crippen LogP contribution in [0.1, 0.15) is 6.42 Å². The second-order valence-electron chi connectivity index (χ2n) is 4.99. The van der Waals surface area contributed by atoms with Crippen LogP contribution in [-0.2, 0) is 4.79 Å². The fraction of sp³-hybridized carbons (Fsp3) is 0.250. The number of amides is 1. The molecule has 0 radical (unpaired) electrons. The third-order valence-electron chi connectivity index (χ3n) is 3.56. The van der Waals surface area contributed by atoms with E-state index in [0.717, 1.165) is 28.8 Å². The van der Waals surface area contributed by atoms with Crippen LogP contribution in [0.3, 0.4) is 0 Å². The molecule has 1 saturated heterocycles. The zero-order chi connectivity index (χ0) is 13.9. The van der Waals surface area contributed by atoms with Crippen molar-refractivity contribution in [1.29, 1.82) is 0 Å². The van der Waals surface area contributed by atoms with Gasteiger partial charge < -0.3 is 4.90 Å². The highest BCUT2D eigenvalue weighted by Gasteiger charge is 2.29. The maximum atomic E-state index is 12.0. The molecule has 1 aromatic carbocycles. The van der Waals surface area contributed by atoms with Gasteiger partial charge in [-0.3, -0.25) is 9.78 Å². The van der Waals surface area contributed by atoms with Crippen LogP contribution in [0, 0.1) is 5.92 Å². The molecule has 2 heterocycles. The molecule has 1 unspecified atom stereocenters. The summed E-state index contributed by atoms with van der Waals surface area (Å²) in [5, 5.41) is 0.876. The van der Waals surface area contributed by atoms with Gasteiger partial charge in [-0.2, -0.15) is 0 Å². The van der Waals surface area contributed by atoms with Gasteiger partial charge in [0.05, 0.1) is 5.69 Å². The van der Waals surface area contributed by atoms with Crippen LogP contribution in [-0.4, -0.2) is 22.8 Å². The Labute approximate surface area is 126 Å². The first-order chi connectivity index (χ1) is 9.78. The first-order valence-electron chi connectivity index (χ1n) is 6.65. The van der Waals surface area contributed by atoms with Gasteiger partial charge in [-0.1, -0.05) is 34.1 Å². The van der Waals surface area contributed by atoms with Gasteiger partial charge in [-0.05, 0) is 30.2 Å². The highest BCUT2D eigenvalue weighted by Crippen LogP contribution is 2.28. The minimum atomic E-state index is 0.208. The molecule has 0 spiro atoms. The van der Waals surface area contributed by atoms with Crippen LogP contribution in [0.25, 0.3) is 11.3 Å². The third kappa shape index (κ3) is 2.61. The Bertz CT molecular complexity index is 598. The molecular formula is C16H15BrN2O. The summed E-state index contributed by atoms with van der Waals surface area (Å²) in [4.78, 5) is 18.2. The van der Waals surface area contributed by atoms with E-state index in [2.05, 4.69) is 20.9 Å². The van der Waals surface area contributed by atoms with Crippen LogP contribution < -0.4 is 4.90 Å². The van der Waals surface area contributed by atoms with E-state index in [1.165, 1.54) is 0 Å². The van der Waals surface area contributed by atoms with Gasteiger partial charge in [0.2, 0.25) is 5.91 Å². The Morgan fingerprint density at radius 2 is 2.00 bits per heavy atom. The Hall–Kier alpha value is -1.68. The smallest absolute Gasteiger partial charge is 0.227 e. The van der Waals surface area contributed by atoms with Crippen LogP contribution in [0.5, 0.6) is 0 Å². The van der Waals surface area contributed by atoms with Crippen LogP contribution in [0.2, 0.25) is 0 Å². The summed E-state index contributed by atoms with van der Waals surface area (Å²) < 4.78 is 0. The van der Waals surface area contributed by atoms with E-state index >= 15 is 0 Å². The van der Waals surface area contributed by atoms with Crippen molar-refractivity contribution in [2.45, 2.75) is 6.42 Å². The molecule has 4 heteroatoms. The van der Waals surface area contributed by atoms with E-state index in [1.807, 2.05) is 47.4 Å². The molecule has 0 N–H and O–H groups in total.